The Morgan fingerprint density at radius 3 is 2.19 bits per heavy atom. The van der Waals surface area contributed by atoms with Gasteiger partial charge in [-0.2, -0.15) is 0 Å². The molecule has 0 bridgehead atoms. The maximum atomic E-state index is 11.3. The van der Waals surface area contributed by atoms with Gasteiger partial charge in [-0.05, 0) is 5.56 Å². The minimum absolute atomic E-state index is 0.0826. The molecule has 0 saturated heterocycles. The molecule has 0 aliphatic heterocycles. The minimum atomic E-state index is -0.873. The largest absolute Gasteiger partial charge is 0.294 e. The van der Waals surface area contributed by atoms with Crippen LogP contribution in [0.25, 0.3) is 0 Å². The molecule has 1 aromatic carbocycles. The lowest BCUT2D eigenvalue weighted by Gasteiger charge is -2.05. The highest BCUT2D eigenvalue weighted by atomic mass is 32.1. The maximum absolute atomic E-state index is 11.3. The van der Waals surface area contributed by atoms with Crippen LogP contribution >= 0.6 is 12.2 Å². The number of ketones is 2. The third kappa shape index (κ3) is 2.14. The zero-order chi connectivity index (χ0) is 12.1. The first-order valence-corrected chi connectivity index (χ1v) is 4.70. The molecule has 1 rings (SSSR count). The summed E-state index contributed by atoms with van der Waals surface area (Å²) in [5.41, 5.74) is 0.0510. The maximum Gasteiger partial charge on any atom is 0.226 e. The molecule has 0 spiro atoms. The smallest absolute Gasteiger partial charge is 0.226 e. The molecule has 0 unspecified atom stereocenters. The Balaban J connectivity index is 3.54. The van der Waals surface area contributed by atoms with Gasteiger partial charge in [0, 0.05) is 16.5 Å². The molecular formula is C11H6O4S. The van der Waals surface area contributed by atoms with Crippen molar-refractivity contribution in [3.8, 4) is 0 Å². The summed E-state index contributed by atoms with van der Waals surface area (Å²) in [6, 6.07) is 4.28. The van der Waals surface area contributed by atoms with Gasteiger partial charge in [0.15, 0.2) is 12.6 Å². The van der Waals surface area contributed by atoms with Crippen molar-refractivity contribution in [1.29, 1.82) is 0 Å². The van der Waals surface area contributed by atoms with Gasteiger partial charge in [0.1, 0.15) is 0 Å². The van der Waals surface area contributed by atoms with Gasteiger partial charge in [0.05, 0.1) is 0 Å². The van der Waals surface area contributed by atoms with Crippen LogP contribution in [0.1, 0.15) is 26.3 Å². The Morgan fingerprint density at radius 1 is 1.06 bits per heavy atom. The van der Waals surface area contributed by atoms with Crippen LogP contribution in [0.4, 0.5) is 0 Å². The molecular weight excluding hydrogens is 228 g/mol. The van der Waals surface area contributed by atoms with E-state index in [-0.39, 0.29) is 29.3 Å². The molecule has 0 fully saturated rings. The molecule has 16 heavy (non-hydrogen) atoms. The molecule has 0 atom stereocenters. The molecule has 0 aliphatic carbocycles. The summed E-state index contributed by atoms with van der Waals surface area (Å²) in [6.07, 6.45) is 0.170. The van der Waals surface area contributed by atoms with Crippen molar-refractivity contribution in [3.63, 3.8) is 0 Å². The van der Waals surface area contributed by atoms with E-state index >= 15 is 0 Å². The van der Waals surface area contributed by atoms with Gasteiger partial charge in [0.2, 0.25) is 11.6 Å². The molecule has 5 heteroatoms. The molecule has 0 amide bonds. The average Bonchev–Trinajstić information content (AvgIpc) is 2.35. The van der Waals surface area contributed by atoms with Gasteiger partial charge < -0.3 is 0 Å². The van der Waals surface area contributed by atoms with Crippen molar-refractivity contribution in [3.05, 3.63) is 34.9 Å². The van der Waals surface area contributed by atoms with E-state index < -0.39 is 11.6 Å². The molecule has 0 N–H and O–H groups in total. The van der Waals surface area contributed by atoms with Crippen LogP contribution in [0.15, 0.2) is 18.2 Å². The van der Waals surface area contributed by atoms with E-state index in [9.17, 15) is 19.2 Å². The molecule has 4 nitrogen and oxygen atoms in total. The number of thiocarbonyl (C=S) groups is 1. The van der Waals surface area contributed by atoms with Crippen LogP contribution in [0.2, 0.25) is 0 Å². The zero-order valence-electron chi connectivity index (χ0n) is 8.01. The van der Waals surface area contributed by atoms with Crippen LogP contribution in [0.3, 0.4) is 0 Å². The lowest BCUT2D eigenvalue weighted by Crippen LogP contribution is -2.13. The fourth-order valence-corrected chi connectivity index (χ4v) is 1.47. The summed E-state index contributed by atoms with van der Waals surface area (Å²) in [4.78, 5) is 43.4. The molecule has 0 heterocycles. The first-order chi connectivity index (χ1) is 7.65. The van der Waals surface area contributed by atoms with Crippen LogP contribution in [0, 0.1) is 0 Å². The highest BCUT2D eigenvalue weighted by molar-refractivity contribution is 7.79. The van der Waals surface area contributed by atoms with E-state index in [0.717, 1.165) is 0 Å². The second kappa shape index (κ2) is 5.18. The van der Waals surface area contributed by atoms with Crippen molar-refractivity contribution in [2.45, 2.75) is 0 Å². The summed E-state index contributed by atoms with van der Waals surface area (Å²) in [5.74, 6) is -1.73. The van der Waals surface area contributed by atoms with Gasteiger partial charge in [-0.3, -0.25) is 19.2 Å². The Hall–Kier alpha value is -2.01. The molecule has 0 aliphatic rings. The van der Waals surface area contributed by atoms with Gasteiger partial charge in [-0.1, -0.05) is 30.4 Å². The van der Waals surface area contributed by atoms with E-state index in [0.29, 0.717) is 0 Å². The van der Waals surface area contributed by atoms with Gasteiger partial charge in [0.25, 0.3) is 0 Å². The van der Waals surface area contributed by atoms with Crippen molar-refractivity contribution < 1.29 is 19.2 Å². The zero-order valence-corrected chi connectivity index (χ0v) is 8.82. The summed E-state index contributed by atoms with van der Waals surface area (Å²) in [5, 5.41) is 1.18. The molecule has 80 valence electrons. The predicted molar refractivity (Wildman–Crippen MR) is 60.0 cm³/mol. The van der Waals surface area contributed by atoms with Crippen LogP contribution in [-0.4, -0.2) is 29.5 Å². The number of aldehydes is 2. The van der Waals surface area contributed by atoms with Crippen molar-refractivity contribution >= 4 is 41.7 Å². The number of Topliss-reactive ketones (excluding diaryl/α,β-unsaturated/α-hetero) is 2. The molecule has 0 saturated carbocycles. The van der Waals surface area contributed by atoms with E-state index in [1.165, 1.54) is 23.6 Å². The Labute approximate surface area is 96.3 Å². The van der Waals surface area contributed by atoms with Crippen molar-refractivity contribution in [2.75, 3.05) is 0 Å². The predicted octanol–water partition coefficient (Wildman–Crippen LogP) is 0.798. The fraction of sp³-hybridized carbons (Fsp3) is 0. The third-order valence-corrected chi connectivity index (χ3v) is 2.20. The number of rotatable bonds is 5. The minimum Gasteiger partial charge on any atom is -0.294 e. The highest BCUT2D eigenvalue weighted by Crippen LogP contribution is 2.14. The average molecular weight is 234 g/mol. The van der Waals surface area contributed by atoms with Gasteiger partial charge >= 0.3 is 0 Å². The lowest BCUT2D eigenvalue weighted by molar-refractivity contribution is -0.105. The molecule has 0 radical (unpaired) electrons. The van der Waals surface area contributed by atoms with Gasteiger partial charge in [-0.15, -0.1) is 0 Å². The lowest BCUT2D eigenvalue weighted by atomic mass is 9.96. The molecule has 1 aromatic rings. The second-order valence-electron chi connectivity index (χ2n) is 2.85. The Morgan fingerprint density at radius 2 is 1.69 bits per heavy atom. The number of carbonyl (C=O) groups is 4. The number of hydrogen-bond acceptors (Lipinski definition) is 5. The van der Waals surface area contributed by atoms with Crippen LogP contribution in [0.5, 0.6) is 0 Å². The quantitative estimate of drug-likeness (QED) is 0.326. The van der Waals surface area contributed by atoms with Crippen molar-refractivity contribution in [2.24, 2.45) is 0 Å². The topological polar surface area (TPSA) is 68.3 Å². The Kier molecular flexibility index (Phi) is 3.90. The number of carbonyl (C=O) groups excluding carboxylic acids is 4. The monoisotopic (exact) mass is 234 g/mol. The van der Waals surface area contributed by atoms with Gasteiger partial charge in [-0.25, -0.2) is 0 Å². The van der Waals surface area contributed by atoms with Crippen LogP contribution in [-0.2, 0) is 9.59 Å². The summed E-state index contributed by atoms with van der Waals surface area (Å²) in [7, 11) is 0. The fourth-order valence-electron chi connectivity index (χ4n) is 1.27. The SMILES string of the molecule is O=CC(=O)c1cccc(C=S)c1C(=O)C=O. The second-order valence-corrected chi connectivity index (χ2v) is 3.09. The first kappa shape index (κ1) is 12.1. The normalized spacial score (nSPS) is 9.25. The van der Waals surface area contributed by atoms with E-state index in [2.05, 4.69) is 12.2 Å². The summed E-state index contributed by atoms with van der Waals surface area (Å²) in [6.45, 7) is 0. The summed E-state index contributed by atoms with van der Waals surface area (Å²) >= 11 is 4.66. The third-order valence-electron chi connectivity index (χ3n) is 1.95. The number of hydrogen-bond donors (Lipinski definition) is 0. The van der Waals surface area contributed by atoms with E-state index in [4.69, 9.17) is 0 Å². The summed E-state index contributed by atoms with van der Waals surface area (Å²) < 4.78 is 0. The van der Waals surface area contributed by atoms with Crippen molar-refractivity contribution in [1.82, 2.24) is 0 Å². The standard InChI is InChI=1S/C11H6O4S/c12-4-9(14)8-3-1-2-7(6-16)11(8)10(15)5-13/h1-6H. The first-order valence-electron chi connectivity index (χ1n) is 4.23. The highest BCUT2D eigenvalue weighted by Gasteiger charge is 2.18. The van der Waals surface area contributed by atoms with E-state index in [1.807, 2.05) is 0 Å². The van der Waals surface area contributed by atoms with Crippen LogP contribution < -0.4 is 0 Å². The molecule has 0 aromatic heterocycles. The Bertz CT molecular complexity index is 491. The number of benzene rings is 1. The van der Waals surface area contributed by atoms with E-state index in [1.54, 1.807) is 0 Å².